The van der Waals surface area contributed by atoms with E-state index in [9.17, 15) is 0 Å². The Kier molecular flexibility index (Phi) is 8.85. The fourth-order valence-corrected chi connectivity index (χ4v) is 7.66. The van der Waals surface area contributed by atoms with E-state index < -0.39 is 7.26 Å². The van der Waals surface area contributed by atoms with Crippen molar-refractivity contribution in [1.29, 1.82) is 0 Å². The molecule has 0 aliphatic rings. The Morgan fingerprint density at radius 3 is 1.17 bits per heavy atom. The van der Waals surface area contributed by atoms with Gasteiger partial charge in [-0.3, -0.25) is 0 Å². The molecule has 0 saturated carbocycles. The molecule has 3 rings (SSSR count). The van der Waals surface area contributed by atoms with E-state index in [4.69, 9.17) is 0 Å². The predicted molar refractivity (Wildman–Crippen MR) is 113 cm³/mol. The minimum Gasteiger partial charge on any atom is -0.153 e. The van der Waals surface area contributed by atoms with Crippen molar-refractivity contribution < 1.29 is 22.4 Å². The SMILES string of the molecule is C=CC[PH](c1ccccc1)(c1ccccc1)c1ccccc1.P.[Ag]. The molecule has 129 valence electrons. The maximum Gasteiger partial charge on any atom is 0 e. The summed E-state index contributed by atoms with van der Waals surface area (Å²) in [5.74, 6) is 0. The van der Waals surface area contributed by atoms with Gasteiger partial charge in [0.15, 0.2) is 0 Å². The van der Waals surface area contributed by atoms with Crippen LogP contribution in [0.1, 0.15) is 0 Å². The standard InChI is InChI=1S/C21H21P.Ag.H3P/c1-2-18-22(19-12-6-3-7-13-19,20-14-8-4-9-15-20)21-16-10-5-11-17-21;;/h2-17,22H,1,18H2;;1H3. The van der Waals surface area contributed by atoms with Crippen molar-refractivity contribution >= 4 is 33.1 Å². The summed E-state index contributed by atoms with van der Waals surface area (Å²) in [7, 11) is -2.04. The van der Waals surface area contributed by atoms with Crippen LogP contribution in [0.5, 0.6) is 0 Å². The van der Waals surface area contributed by atoms with Gasteiger partial charge in [0, 0.05) is 22.4 Å². The number of hydrogen-bond donors (Lipinski definition) is 0. The molecule has 0 bridgehead atoms. The second-order valence-electron chi connectivity index (χ2n) is 5.50. The molecule has 0 amide bonds. The first kappa shape index (κ1) is 21.0. The molecule has 0 aromatic heterocycles. The van der Waals surface area contributed by atoms with Gasteiger partial charge in [-0.2, -0.15) is 9.90 Å². The van der Waals surface area contributed by atoms with Crippen molar-refractivity contribution in [3.05, 3.63) is 104 Å². The minimum absolute atomic E-state index is 0. The fraction of sp³-hybridized carbons (Fsp3) is 0.0476. The van der Waals surface area contributed by atoms with Crippen LogP contribution in [0.2, 0.25) is 0 Å². The quantitative estimate of drug-likeness (QED) is 0.317. The smallest absolute Gasteiger partial charge is 0 e. The van der Waals surface area contributed by atoms with E-state index in [-0.39, 0.29) is 32.3 Å². The van der Waals surface area contributed by atoms with Crippen molar-refractivity contribution in [1.82, 2.24) is 0 Å². The summed E-state index contributed by atoms with van der Waals surface area (Å²) in [4.78, 5) is 0. The molecule has 1 atom stereocenters. The molecule has 3 aromatic carbocycles. The van der Waals surface area contributed by atoms with Crippen LogP contribution in [0.15, 0.2) is 104 Å². The Balaban J connectivity index is 0.00000144. The van der Waals surface area contributed by atoms with Crippen LogP contribution in [0.3, 0.4) is 0 Å². The molecule has 3 heteroatoms. The van der Waals surface area contributed by atoms with Crippen LogP contribution in [0, 0.1) is 0 Å². The van der Waals surface area contributed by atoms with Crippen molar-refractivity contribution in [3.8, 4) is 0 Å². The van der Waals surface area contributed by atoms with Crippen LogP contribution in [0.25, 0.3) is 0 Å². The van der Waals surface area contributed by atoms with Gasteiger partial charge in [-0.05, 0) is 0 Å². The molecule has 1 unspecified atom stereocenters. The Labute approximate surface area is 164 Å². The second-order valence-corrected chi connectivity index (χ2v) is 9.45. The van der Waals surface area contributed by atoms with E-state index in [1.54, 1.807) is 0 Å². The zero-order valence-corrected chi connectivity index (χ0v) is 17.6. The number of rotatable bonds is 5. The van der Waals surface area contributed by atoms with E-state index in [0.29, 0.717) is 0 Å². The third-order valence-corrected chi connectivity index (χ3v) is 9.11. The second kappa shape index (κ2) is 10.1. The van der Waals surface area contributed by atoms with Crippen LogP contribution in [-0.2, 0) is 22.4 Å². The monoisotopic (exact) mass is 445 g/mol. The van der Waals surface area contributed by atoms with Gasteiger partial charge in [-0.25, -0.2) is 0 Å². The summed E-state index contributed by atoms with van der Waals surface area (Å²) < 4.78 is 0. The Hall–Kier alpha value is -1.000. The average Bonchev–Trinajstić information content (AvgIpc) is 2.62. The maximum atomic E-state index is 4.06. The summed E-state index contributed by atoms with van der Waals surface area (Å²) in [5, 5.41) is 4.31. The van der Waals surface area contributed by atoms with Crippen molar-refractivity contribution in [3.63, 3.8) is 0 Å². The van der Waals surface area contributed by atoms with Crippen LogP contribution >= 0.6 is 17.2 Å². The third kappa shape index (κ3) is 4.15. The first-order chi connectivity index (χ1) is 10.9. The van der Waals surface area contributed by atoms with Gasteiger partial charge >= 0.3 is 133 Å². The molecule has 0 spiro atoms. The third-order valence-electron chi connectivity index (χ3n) is 4.25. The summed E-state index contributed by atoms with van der Waals surface area (Å²) in [6, 6.07) is 32.8. The largest absolute Gasteiger partial charge is 0.153 e. The van der Waals surface area contributed by atoms with Gasteiger partial charge in [0.1, 0.15) is 0 Å². The molecule has 0 aliphatic carbocycles. The number of benzene rings is 3. The Morgan fingerprint density at radius 1 is 0.625 bits per heavy atom. The van der Waals surface area contributed by atoms with Crippen molar-refractivity contribution in [2.45, 2.75) is 0 Å². The Bertz CT molecular complexity index is 631. The van der Waals surface area contributed by atoms with Gasteiger partial charge in [0.2, 0.25) is 0 Å². The molecule has 0 fully saturated rings. The molecular formula is C21H24AgP2. The number of hydrogen-bond acceptors (Lipinski definition) is 0. The molecule has 3 aromatic rings. The molecule has 0 nitrogen and oxygen atoms in total. The van der Waals surface area contributed by atoms with Crippen LogP contribution in [-0.4, -0.2) is 6.16 Å². The van der Waals surface area contributed by atoms with Crippen LogP contribution in [0.4, 0.5) is 0 Å². The normalized spacial score (nSPS) is 10.8. The van der Waals surface area contributed by atoms with E-state index in [1.165, 1.54) is 15.9 Å². The van der Waals surface area contributed by atoms with Gasteiger partial charge < -0.3 is 0 Å². The zero-order valence-electron chi connectivity index (χ0n) is 13.7. The molecule has 1 radical (unpaired) electrons. The predicted octanol–water partition coefficient (Wildman–Crippen LogP) is 3.95. The van der Waals surface area contributed by atoms with Gasteiger partial charge in [0.05, 0.1) is 0 Å². The zero-order chi connectivity index (χ0) is 15.3. The molecule has 0 heterocycles. The minimum atomic E-state index is -2.04. The Morgan fingerprint density at radius 2 is 0.917 bits per heavy atom. The summed E-state index contributed by atoms with van der Waals surface area (Å²) in [6.45, 7) is 4.06. The van der Waals surface area contributed by atoms with Crippen molar-refractivity contribution in [2.24, 2.45) is 0 Å². The van der Waals surface area contributed by atoms with Crippen LogP contribution < -0.4 is 15.9 Å². The molecular weight excluding hydrogens is 422 g/mol. The molecule has 0 saturated heterocycles. The summed E-state index contributed by atoms with van der Waals surface area (Å²) in [5.41, 5.74) is 0. The van der Waals surface area contributed by atoms with E-state index in [1.807, 2.05) is 0 Å². The molecule has 0 aliphatic heterocycles. The first-order valence-corrected chi connectivity index (χ1v) is 9.86. The molecule has 24 heavy (non-hydrogen) atoms. The molecule has 0 N–H and O–H groups in total. The summed E-state index contributed by atoms with van der Waals surface area (Å²) >= 11 is 0. The maximum absolute atomic E-state index is 4.06. The van der Waals surface area contributed by atoms with Crippen molar-refractivity contribution in [2.75, 3.05) is 6.16 Å². The van der Waals surface area contributed by atoms with Gasteiger partial charge in [-0.1, -0.05) is 0 Å². The topological polar surface area (TPSA) is 0 Å². The van der Waals surface area contributed by atoms with E-state index in [0.717, 1.165) is 6.16 Å². The number of allylic oxidation sites excluding steroid dienone is 1. The van der Waals surface area contributed by atoms with E-state index in [2.05, 4.69) is 104 Å². The van der Waals surface area contributed by atoms with E-state index >= 15 is 0 Å². The fourth-order valence-electron chi connectivity index (χ4n) is 3.24. The van der Waals surface area contributed by atoms with Gasteiger partial charge in [-0.15, -0.1) is 0 Å². The first-order valence-electron chi connectivity index (χ1n) is 7.65. The summed E-state index contributed by atoms with van der Waals surface area (Å²) in [6.07, 6.45) is 3.09. The van der Waals surface area contributed by atoms with Gasteiger partial charge in [0.25, 0.3) is 0 Å². The average molecular weight is 446 g/mol.